The quantitative estimate of drug-likeness (QED) is 0.681. The topological polar surface area (TPSA) is 15.3 Å². The van der Waals surface area contributed by atoms with E-state index in [1.165, 1.54) is 36.9 Å². The zero-order valence-corrected chi connectivity index (χ0v) is 13.9. The van der Waals surface area contributed by atoms with Crippen LogP contribution >= 0.6 is 0 Å². The van der Waals surface area contributed by atoms with Crippen molar-refractivity contribution >= 4 is 0 Å². The Morgan fingerprint density at radius 1 is 1.10 bits per heavy atom. The second-order valence-corrected chi connectivity index (χ2v) is 5.87. The molecule has 0 radical (unpaired) electrons. The molecule has 0 aliphatic carbocycles. The van der Waals surface area contributed by atoms with Crippen LogP contribution in [0, 0.1) is 6.92 Å². The fourth-order valence-corrected chi connectivity index (χ4v) is 2.63. The molecule has 0 fully saturated rings. The maximum atomic E-state index is 3.65. The smallest absolute Gasteiger partial charge is 0.0475 e. The zero-order valence-electron chi connectivity index (χ0n) is 13.9. The van der Waals surface area contributed by atoms with Crippen LogP contribution in [0.25, 0.3) is 0 Å². The first-order valence-corrected chi connectivity index (χ1v) is 8.10. The minimum absolute atomic E-state index is 0.409. The fourth-order valence-electron chi connectivity index (χ4n) is 2.63. The Morgan fingerprint density at radius 2 is 1.75 bits per heavy atom. The molecule has 1 N–H and O–H groups in total. The van der Waals surface area contributed by atoms with Crippen LogP contribution in [0.15, 0.2) is 24.3 Å². The van der Waals surface area contributed by atoms with Crippen LogP contribution < -0.4 is 5.32 Å². The summed E-state index contributed by atoms with van der Waals surface area (Å²) in [5.74, 6) is 0. The highest BCUT2D eigenvalue weighted by Crippen LogP contribution is 2.21. The zero-order chi connectivity index (χ0) is 15.0. The molecular weight excluding hydrogens is 244 g/mol. The Labute approximate surface area is 125 Å². The third kappa shape index (κ3) is 5.26. The van der Waals surface area contributed by atoms with Gasteiger partial charge >= 0.3 is 0 Å². The molecule has 0 aliphatic rings. The molecule has 114 valence electrons. The standard InChI is InChI=1S/C18H32N2/c1-6-8-9-14-20(5)16(4)18(19-7-2)17-12-10-15(3)11-13-17/h10-13,16,18-19H,6-9,14H2,1-5H3. The maximum Gasteiger partial charge on any atom is 0.0475 e. The van der Waals surface area contributed by atoms with Crippen molar-refractivity contribution in [1.82, 2.24) is 10.2 Å². The molecule has 0 saturated carbocycles. The molecule has 2 heteroatoms. The molecule has 0 spiro atoms. The van der Waals surface area contributed by atoms with E-state index in [2.05, 4.69) is 69.2 Å². The van der Waals surface area contributed by atoms with Crippen LogP contribution in [0.2, 0.25) is 0 Å². The highest BCUT2D eigenvalue weighted by molar-refractivity contribution is 5.25. The van der Waals surface area contributed by atoms with Crippen LogP contribution in [0.4, 0.5) is 0 Å². The predicted octanol–water partition coefficient (Wildman–Crippen LogP) is 4.16. The SMILES string of the molecule is CCCCCN(C)C(C)C(NCC)c1ccc(C)cc1. The third-order valence-electron chi connectivity index (χ3n) is 4.15. The van der Waals surface area contributed by atoms with Gasteiger partial charge in [-0.3, -0.25) is 0 Å². The van der Waals surface area contributed by atoms with Crippen molar-refractivity contribution < 1.29 is 0 Å². The first kappa shape index (κ1) is 17.2. The Hall–Kier alpha value is -0.860. The molecule has 2 nitrogen and oxygen atoms in total. The number of nitrogens with one attached hydrogen (secondary N) is 1. The average Bonchev–Trinajstić information content (AvgIpc) is 2.45. The number of aryl methyl sites for hydroxylation is 1. The molecule has 1 aromatic rings. The maximum absolute atomic E-state index is 3.65. The lowest BCUT2D eigenvalue weighted by Gasteiger charge is -2.33. The summed E-state index contributed by atoms with van der Waals surface area (Å²) in [7, 11) is 2.25. The highest BCUT2D eigenvalue weighted by Gasteiger charge is 2.21. The van der Waals surface area contributed by atoms with Crippen molar-refractivity contribution in [3.63, 3.8) is 0 Å². The number of hydrogen-bond acceptors (Lipinski definition) is 2. The summed E-state index contributed by atoms with van der Waals surface area (Å²) in [6.45, 7) is 11.1. The second kappa shape index (κ2) is 9.15. The number of nitrogens with zero attached hydrogens (tertiary/aromatic N) is 1. The number of benzene rings is 1. The number of rotatable bonds is 9. The summed E-state index contributed by atoms with van der Waals surface area (Å²) < 4.78 is 0. The van der Waals surface area contributed by atoms with E-state index in [1.807, 2.05) is 0 Å². The van der Waals surface area contributed by atoms with E-state index in [1.54, 1.807) is 0 Å². The molecule has 20 heavy (non-hydrogen) atoms. The number of likely N-dealkylation sites (N-methyl/N-ethyl adjacent to an activating group) is 2. The molecule has 0 aliphatic heterocycles. The average molecular weight is 276 g/mol. The van der Waals surface area contributed by atoms with Gasteiger partial charge in [-0.05, 0) is 46.0 Å². The van der Waals surface area contributed by atoms with Gasteiger partial charge in [-0.2, -0.15) is 0 Å². The van der Waals surface area contributed by atoms with E-state index in [9.17, 15) is 0 Å². The second-order valence-electron chi connectivity index (χ2n) is 5.87. The van der Waals surface area contributed by atoms with Crippen LogP contribution in [0.5, 0.6) is 0 Å². The Bertz CT molecular complexity index is 358. The lowest BCUT2D eigenvalue weighted by Crippen LogP contribution is -2.41. The highest BCUT2D eigenvalue weighted by atomic mass is 15.2. The van der Waals surface area contributed by atoms with Crippen molar-refractivity contribution in [3.05, 3.63) is 35.4 Å². The summed E-state index contributed by atoms with van der Waals surface area (Å²) in [6.07, 6.45) is 3.91. The van der Waals surface area contributed by atoms with Gasteiger partial charge in [0.2, 0.25) is 0 Å². The molecule has 0 bridgehead atoms. The van der Waals surface area contributed by atoms with Gasteiger partial charge in [0.15, 0.2) is 0 Å². The van der Waals surface area contributed by atoms with E-state index < -0.39 is 0 Å². The first-order valence-electron chi connectivity index (χ1n) is 8.10. The minimum atomic E-state index is 0.409. The molecule has 1 rings (SSSR count). The van der Waals surface area contributed by atoms with Gasteiger partial charge < -0.3 is 10.2 Å². The Balaban J connectivity index is 2.71. The largest absolute Gasteiger partial charge is 0.309 e. The summed E-state index contributed by atoms with van der Waals surface area (Å²) in [4.78, 5) is 2.49. The van der Waals surface area contributed by atoms with Crippen molar-refractivity contribution in [2.45, 2.75) is 59.0 Å². The van der Waals surface area contributed by atoms with Crippen molar-refractivity contribution in [3.8, 4) is 0 Å². The van der Waals surface area contributed by atoms with E-state index in [4.69, 9.17) is 0 Å². The molecule has 0 saturated heterocycles. The van der Waals surface area contributed by atoms with Gasteiger partial charge in [-0.25, -0.2) is 0 Å². The molecule has 1 aromatic carbocycles. The molecule has 0 heterocycles. The molecule has 2 atom stereocenters. The fraction of sp³-hybridized carbons (Fsp3) is 0.667. The van der Waals surface area contributed by atoms with Gasteiger partial charge in [0.1, 0.15) is 0 Å². The van der Waals surface area contributed by atoms with E-state index >= 15 is 0 Å². The molecule has 0 amide bonds. The number of unbranched alkanes of at least 4 members (excludes halogenated alkanes) is 2. The van der Waals surface area contributed by atoms with E-state index in [0.29, 0.717) is 12.1 Å². The van der Waals surface area contributed by atoms with Crippen molar-refractivity contribution in [2.75, 3.05) is 20.1 Å². The summed E-state index contributed by atoms with van der Waals surface area (Å²) in [5.41, 5.74) is 2.72. The van der Waals surface area contributed by atoms with Crippen molar-refractivity contribution in [2.24, 2.45) is 0 Å². The first-order chi connectivity index (χ1) is 9.60. The van der Waals surface area contributed by atoms with E-state index in [-0.39, 0.29) is 0 Å². The van der Waals surface area contributed by atoms with Gasteiger partial charge in [-0.15, -0.1) is 0 Å². The normalized spacial score (nSPS) is 14.5. The number of hydrogen-bond donors (Lipinski definition) is 1. The molecule has 0 aromatic heterocycles. The van der Waals surface area contributed by atoms with Crippen LogP contribution in [0.1, 0.15) is 57.2 Å². The van der Waals surface area contributed by atoms with Crippen molar-refractivity contribution in [1.29, 1.82) is 0 Å². The van der Waals surface area contributed by atoms with Gasteiger partial charge in [0.05, 0.1) is 0 Å². The predicted molar refractivity (Wildman–Crippen MR) is 89.2 cm³/mol. The lowest BCUT2D eigenvalue weighted by atomic mass is 9.98. The van der Waals surface area contributed by atoms with Gasteiger partial charge in [-0.1, -0.05) is 56.5 Å². The van der Waals surface area contributed by atoms with Crippen LogP contribution in [-0.2, 0) is 0 Å². The van der Waals surface area contributed by atoms with Gasteiger partial charge in [0.25, 0.3) is 0 Å². The Morgan fingerprint density at radius 3 is 2.30 bits per heavy atom. The summed E-state index contributed by atoms with van der Waals surface area (Å²) >= 11 is 0. The third-order valence-corrected chi connectivity index (χ3v) is 4.15. The molecule has 2 unspecified atom stereocenters. The van der Waals surface area contributed by atoms with E-state index in [0.717, 1.165) is 6.54 Å². The monoisotopic (exact) mass is 276 g/mol. The summed E-state index contributed by atoms with van der Waals surface area (Å²) in [5, 5.41) is 3.65. The lowest BCUT2D eigenvalue weighted by molar-refractivity contribution is 0.204. The van der Waals surface area contributed by atoms with Gasteiger partial charge in [0, 0.05) is 12.1 Å². The summed E-state index contributed by atoms with van der Waals surface area (Å²) in [6, 6.07) is 9.87. The Kier molecular flexibility index (Phi) is 7.86. The molecular formula is C18H32N2. The minimum Gasteiger partial charge on any atom is -0.309 e. The van der Waals surface area contributed by atoms with Crippen LogP contribution in [0.3, 0.4) is 0 Å². The van der Waals surface area contributed by atoms with Crippen LogP contribution in [-0.4, -0.2) is 31.1 Å².